The second kappa shape index (κ2) is 2.84. The molecule has 2 heteroatoms. The predicted molar refractivity (Wildman–Crippen MR) is 56.1 cm³/mol. The molecule has 0 aliphatic carbocycles. The van der Waals surface area contributed by atoms with Crippen molar-refractivity contribution in [3.8, 4) is 0 Å². The van der Waals surface area contributed by atoms with Gasteiger partial charge in [0.05, 0.1) is 0 Å². The lowest BCUT2D eigenvalue weighted by Crippen LogP contribution is -2.09. The van der Waals surface area contributed by atoms with Gasteiger partial charge in [-0.15, -0.1) is 0 Å². The van der Waals surface area contributed by atoms with E-state index < -0.39 is 0 Å². The first-order valence-electron chi connectivity index (χ1n) is 4.74. The van der Waals surface area contributed by atoms with E-state index in [2.05, 4.69) is 26.8 Å². The fourth-order valence-electron chi connectivity index (χ4n) is 1.49. The summed E-state index contributed by atoms with van der Waals surface area (Å²) >= 11 is 0. The molecule has 0 saturated carbocycles. The topological polar surface area (TPSA) is 4.41 Å². The summed E-state index contributed by atoms with van der Waals surface area (Å²) in [6.45, 7) is 6.45. The molecular formula is C12H14FN. The molecule has 0 spiro atoms. The molecule has 0 atom stereocenters. The number of hydrogen-bond acceptors (Lipinski definition) is 0. The maximum Gasteiger partial charge on any atom is 0.139 e. The molecule has 0 fully saturated rings. The van der Waals surface area contributed by atoms with Crippen molar-refractivity contribution in [3.63, 3.8) is 0 Å². The van der Waals surface area contributed by atoms with Crippen LogP contribution in [-0.2, 0) is 5.41 Å². The highest BCUT2D eigenvalue weighted by Crippen LogP contribution is 2.24. The Bertz CT molecular complexity index is 463. The van der Waals surface area contributed by atoms with E-state index in [1.54, 1.807) is 6.07 Å². The molecule has 1 nitrogen and oxygen atoms in total. The Labute approximate surface area is 83.2 Å². The number of nitrogens with zero attached hydrogens (tertiary/aromatic N) is 1. The molecule has 0 aliphatic rings. The summed E-state index contributed by atoms with van der Waals surface area (Å²) in [7, 11) is 0. The molecule has 2 aromatic rings. The third kappa shape index (κ3) is 1.52. The van der Waals surface area contributed by atoms with Crippen LogP contribution >= 0.6 is 0 Å². The van der Waals surface area contributed by atoms with E-state index >= 15 is 0 Å². The van der Waals surface area contributed by atoms with Gasteiger partial charge < -0.3 is 4.40 Å². The molecule has 0 aliphatic heterocycles. The van der Waals surface area contributed by atoms with Crippen molar-refractivity contribution in [1.29, 1.82) is 0 Å². The number of pyridine rings is 1. The van der Waals surface area contributed by atoms with Crippen LogP contribution in [0.3, 0.4) is 0 Å². The number of hydrogen-bond donors (Lipinski definition) is 0. The molecule has 2 aromatic heterocycles. The Morgan fingerprint density at radius 1 is 1.14 bits per heavy atom. The molecule has 0 saturated heterocycles. The van der Waals surface area contributed by atoms with Crippen LogP contribution in [0.4, 0.5) is 4.39 Å². The summed E-state index contributed by atoms with van der Waals surface area (Å²) in [5.41, 5.74) is 2.38. The quantitative estimate of drug-likeness (QED) is 0.601. The molecular weight excluding hydrogens is 177 g/mol. The van der Waals surface area contributed by atoms with Crippen LogP contribution in [0.5, 0.6) is 0 Å². The van der Waals surface area contributed by atoms with Gasteiger partial charge in [0.25, 0.3) is 0 Å². The van der Waals surface area contributed by atoms with E-state index in [-0.39, 0.29) is 11.2 Å². The van der Waals surface area contributed by atoms with Crippen LogP contribution in [0.1, 0.15) is 26.3 Å². The maximum absolute atomic E-state index is 12.9. The number of rotatable bonds is 0. The maximum atomic E-state index is 12.9. The van der Waals surface area contributed by atoms with E-state index in [4.69, 9.17) is 0 Å². The second-order valence-electron chi connectivity index (χ2n) is 4.66. The van der Waals surface area contributed by atoms with Gasteiger partial charge in [-0.2, -0.15) is 0 Å². The van der Waals surface area contributed by atoms with Crippen LogP contribution in [0.15, 0.2) is 30.6 Å². The lowest BCUT2D eigenvalue weighted by molar-refractivity contribution is 0.589. The Hall–Kier alpha value is -1.31. The van der Waals surface area contributed by atoms with Crippen molar-refractivity contribution < 1.29 is 4.39 Å². The zero-order valence-corrected chi connectivity index (χ0v) is 8.71. The minimum Gasteiger partial charge on any atom is -0.321 e. The van der Waals surface area contributed by atoms with Crippen molar-refractivity contribution >= 4 is 5.52 Å². The average Bonchev–Trinajstić information content (AvgIpc) is 2.45. The Kier molecular flexibility index (Phi) is 1.88. The summed E-state index contributed by atoms with van der Waals surface area (Å²) in [4.78, 5) is 0. The second-order valence-corrected chi connectivity index (χ2v) is 4.66. The Morgan fingerprint density at radius 2 is 1.86 bits per heavy atom. The molecule has 0 N–H and O–H groups in total. The molecule has 2 rings (SSSR count). The van der Waals surface area contributed by atoms with Gasteiger partial charge in [0.15, 0.2) is 0 Å². The van der Waals surface area contributed by atoms with Crippen molar-refractivity contribution in [3.05, 3.63) is 42.0 Å². The molecule has 14 heavy (non-hydrogen) atoms. The highest BCUT2D eigenvalue weighted by atomic mass is 19.1. The Morgan fingerprint density at radius 3 is 2.50 bits per heavy atom. The predicted octanol–water partition coefficient (Wildman–Crippen LogP) is 3.38. The minimum absolute atomic E-state index is 0.114. The molecule has 2 heterocycles. The first-order valence-corrected chi connectivity index (χ1v) is 4.74. The standard InChI is InChI=1S/C12H14FN/c1-12(2,3)9-6-11-5-4-10(13)8-14(11)7-9/h4-8H,1-3H3. The van der Waals surface area contributed by atoms with Gasteiger partial charge in [0.1, 0.15) is 5.82 Å². The summed E-state index contributed by atoms with van der Waals surface area (Å²) < 4.78 is 14.8. The molecule has 74 valence electrons. The first kappa shape index (κ1) is 9.25. The molecule has 0 amide bonds. The third-order valence-corrected chi connectivity index (χ3v) is 2.42. The SMILES string of the molecule is CC(C)(C)c1cc2ccc(F)cn2c1. The van der Waals surface area contributed by atoms with E-state index in [9.17, 15) is 4.39 Å². The van der Waals surface area contributed by atoms with Gasteiger partial charge in [-0.1, -0.05) is 20.8 Å². The van der Waals surface area contributed by atoms with E-state index in [0.717, 1.165) is 5.52 Å². The largest absolute Gasteiger partial charge is 0.321 e. The third-order valence-electron chi connectivity index (χ3n) is 2.42. The lowest BCUT2D eigenvalue weighted by atomic mass is 9.89. The smallest absolute Gasteiger partial charge is 0.139 e. The summed E-state index contributed by atoms with van der Waals surface area (Å²) in [6.07, 6.45) is 3.49. The summed E-state index contributed by atoms with van der Waals surface area (Å²) in [6, 6.07) is 5.38. The van der Waals surface area contributed by atoms with E-state index in [1.807, 2.05) is 10.6 Å². The van der Waals surface area contributed by atoms with Crippen LogP contribution < -0.4 is 0 Å². The molecule has 0 unspecified atom stereocenters. The van der Waals surface area contributed by atoms with Crippen LogP contribution in [0.2, 0.25) is 0 Å². The number of halogens is 1. The van der Waals surface area contributed by atoms with Crippen molar-refractivity contribution in [1.82, 2.24) is 4.40 Å². The van der Waals surface area contributed by atoms with Gasteiger partial charge in [0, 0.05) is 17.9 Å². The molecule has 0 bridgehead atoms. The fraction of sp³-hybridized carbons (Fsp3) is 0.333. The van der Waals surface area contributed by atoms with Crippen molar-refractivity contribution in [2.75, 3.05) is 0 Å². The first-order chi connectivity index (χ1) is 6.47. The van der Waals surface area contributed by atoms with E-state index in [0.29, 0.717) is 0 Å². The van der Waals surface area contributed by atoms with Crippen LogP contribution in [0, 0.1) is 5.82 Å². The zero-order valence-electron chi connectivity index (χ0n) is 8.71. The highest BCUT2D eigenvalue weighted by Gasteiger charge is 2.15. The van der Waals surface area contributed by atoms with Crippen LogP contribution in [0.25, 0.3) is 5.52 Å². The summed E-state index contributed by atoms with van der Waals surface area (Å²) in [5, 5.41) is 0. The van der Waals surface area contributed by atoms with Crippen molar-refractivity contribution in [2.24, 2.45) is 0 Å². The monoisotopic (exact) mass is 191 g/mol. The summed E-state index contributed by atoms with van der Waals surface area (Å²) in [5.74, 6) is -0.200. The Balaban J connectivity index is 2.63. The fourth-order valence-corrected chi connectivity index (χ4v) is 1.49. The number of fused-ring (bicyclic) bond motifs is 1. The van der Waals surface area contributed by atoms with Gasteiger partial charge in [0.2, 0.25) is 0 Å². The molecule has 0 aromatic carbocycles. The van der Waals surface area contributed by atoms with E-state index in [1.165, 1.54) is 17.8 Å². The van der Waals surface area contributed by atoms with Gasteiger partial charge in [-0.3, -0.25) is 0 Å². The van der Waals surface area contributed by atoms with Gasteiger partial charge in [-0.05, 0) is 29.2 Å². The highest BCUT2D eigenvalue weighted by molar-refractivity contribution is 5.51. The lowest BCUT2D eigenvalue weighted by Gasteiger charge is -2.15. The minimum atomic E-state index is -0.200. The van der Waals surface area contributed by atoms with Gasteiger partial charge in [-0.25, -0.2) is 4.39 Å². The van der Waals surface area contributed by atoms with Crippen molar-refractivity contribution in [2.45, 2.75) is 26.2 Å². The normalized spacial score (nSPS) is 12.3. The number of aromatic nitrogens is 1. The van der Waals surface area contributed by atoms with Crippen LogP contribution in [-0.4, -0.2) is 4.40 Å². The van der Waals surface area contributed by atoms with Gasteiger partial charge >= 0.3 is 0 Å². The zero-order chi connectivity index (χ0) is 10.3. The molecule has 0 radical (unpaired) electrons. The average molecular weight is 191 g/mol.